The van der Waals surface area contributed by atoms with Crippen LogP contribution in [0.3, 0.4) is 0 Å². The van der Waals surface area contributed by atoms with E-state index in [9.17, 15) is 0 Å². The minimum Gasteiger partial charge on any atom is -0.332 e. The largest absolute Gasteiger partial charge is 0.332 e. The predicted molar refractivity (Wildman–Crippen MR) is 70.1 cm³/mol. The fourth-order valence-electron chi connectivity index (χ4n) is 1.22. The van der Waals surface area contributed by atoms with Gasteiger partial charge in [-0.3, -0.25) is 0 Å². The maximum absolute atomic E-state index is 5.46. The summed E-state index contributed by atoms with van der Waals surface area (Å²) in [6.45, 7) is 0.563. The molecule has 0 amide bonds. The zero-order valence-corrected chi connectivity index (χ0v) is 10.9. The molecule has 16 heavy (non-hydrogen) atoms. The molecule has 0 aliphatic heterocycles. The Morgan fingerprint density at radius 2 is 2.38 bits per heavy atom. The van der Waals surface area contributed by atoms with Gasteiger partial charge in [0.1, 0.15) is 11.6 Å². The fraction of sp³-hybridized carbons (Fsp3) is 0.200. The lowest BCUT2D eigenvalue weighted by Crippen LogP contribution is -2.07. The van der Waals surface area contributed by atoms with Crippen molar-refractivity contribution in [3.63, 3.8) is 0 Å². The van der Waals surface area contributed by atoms with Crippen LogP contribution in [-0.2, 0) is 6.42 Å². The number of hydrogen-bond donors (Lipinski definition) is 2. The molecule has 0 aliphatic rings. The van der Waals surface area contributed by atoms with Crippen molar-refractivity contribution in [1.82, 2.24) is 9.97 Å². The number of nitrogens with one attached hydrogen (secondary N) is 1. The summed E-state index contributed by atoms with van der Waals surface area (Å²) in [6.07, 6.45) is 2.44. The average molecular weight is 299 g/mol. The standard InChI is InChI=1S/C10H11BrN4S/c11-7-5-10(16-6-7)15-9-2-4-13-8(14-9)1-3-12/h2,4-6H,1,3,12H2,(H,13,14,15). The quantitative estimate of drug-likeness (QED) is 0.910. The molecule has 2 heterocycles. The van der Waals surface area contributed by atoms with E-state index in [1.54, 1.807) is 17.5 Å². The second-order valence-corrected chi connectivity index (χ2v) is 4.98. The monoisotopic (exact) mass is 298 g/mol. The van der Waals surface area contributed by atoms with E-state index in [1.165, 1.54) is 0 Å². The minimum absolute atomic E-state index is 0.563. The Hall–Kier alpha value is -0.980. The van der Waals surface area contributed by atoms with Crippen LogP contribution in [0.25, 0.3) is 0 Å². The fourth-order valence-corrected chi connectivity index (χ4v) is 2.55. The van der Waals surface area contributed by atoms with Gasteiger partial charge in [-0.2, -0.15) is 0 Å². The lowest BCUT2D eigenvalue weighted by atomic mass is 10.4. The van der Waals surface area contributed by atoms with Crippen LogP contribution in [0.1, 0.15) is 5.82 Å². The molecule has 0 spiro atoms. The zero-order chi connectivity index (χ0) is 11.4. The maximum atomic E-state index is 5.46. The number of nitrogens with two attached hydrogens (primary N) is 1. The molecule has 0 aliphatic carbocycles. The van der Waals surface area contributed by atoms with Gasteiger partial charge in [0, 0.05) is 22.5 Å². The summed E-state index contributed by atoms with van der Waals surface area (Å²) in [4.78, 5) is 8.50. The zero-order valence-electron chi connectivity index (χ0n) is 8.48. The minimum atomic E-state index is 0.563. The summed E-state index contributed by atoms with van der Waals surface area (Å²) in [5.74, 6) is 1.57. The highest BCUT2D eigenvalue weighted by Gasteiger charge is 2.01. The van der Waals surface area contributed by atoms with Gasteiger partial charge in [0.25, 0.3) is 0 Å². The van der Waals surface area contributed by atoms with Crippen molar-refractivity contribution in [2.24, 2.45) is 5.73 Å². The molecular weight excluding hydrogens is 288 g/mol. The number of hydrogen-bond acceptors (Lipinski definition) is 5. The summed E-state index contributed by atoms with van der Waals surface area (Å²) >= 11 is 5.03. The number of aromatic nitrogens is 2. The van der Waals surface area contributed by atoms with Crippen LogP contribution in [0.5, 0.6) is 0 Å². The van der Waals surface area contributed by atoms with Gasteiger partial charge in [-0.05, 0) is 34.6 Å². The van der Waals surface area contributed by atoms with Crippen molar-refractivity contribution < 1.29 is 0 Å². The molecule has 0 unspecified atom stereocenters. The van der Waals surface area contributed by atoms with E-state index in [0.717, 1.165) is 21.1 Å². The van der Waals surface area contributed by atoms with Crippen molar-refractivity contribution in [1.29, 1.82) is 0 Å². The van der Waals surface area contributed by atoms with Gasteiger partial charge >= 0.3 is 0 Å². The van der Waals surface area contributed by atoms with E-state index >= 15 is 0 Å². The van der Waals surface area contributed by atoms with E-state index in [1.807, 2.05) is 17.5 Å². The number of rotatable bonds is 4. The lowest BCUT2D eigenvalue weighted by Gasteiger charge is -2.03. The highest BCUT2D eigenvalue weighted by Crippen LogP contribution is 2.26. The van der Waals surface area contributed by atoms with Gasteiger partial charge in [0.2, 0.25) is 0 Å². The molecule has 0 fully saturated rings. The molecule has 0 atom stereocenters. The molecule has 0 bridgehead atoms. The van der Waals surface area contributed by atoms with E-state index in [-0.39, 0.29) is 0 Å². The molecule has 0 radical (unpaired) electrons. The normalized spacial score (nSPS) is 10.4. The first-order valence-corrected chi connectivity index (χ1v) is 6.48. The molecule has 6 heteroatoms. The molecule has 2 aromatic rings. The highest BCUT2D eigenvalue weighted by molar-refractivity contribution is 9.10. The summed E-state index contributed by atoms with van der Waals surface area (Å²) in [7, 11) is 0. The number of nitrogens with zero attached hydrogens (tertiary/aromatic N) is 2. The Morgan fingerprint density at radius 3 is 3.06 bits per heavy atom. The highest BCUT2D eigenvalue weighted by atomic mass is 79.9. The Bertz CT molecular complexity index is 471. The molecule has 0 saturated carbocycles. The van der Waals surface area contributed by atoms with Crippen LogP contribution < -0.4 is 11.1 Å². The third kappa shape index (κ3) is 3.01. The third-order valence-electron chi connectivity index (χ3n) is 1.89. The van der Waals surface area contributed by atoms with Gasteiger partial charge in [-0.15, -0.1) is 11.3 Å². The molecule has 84 valence electrons. The Morgan fingerprint density at radius 1 is 1.50 bits per heavy atom. The summed E-state index contributed by atoms with van der Waals surface area (Å²) in [5, 5.41) is 6.28. The molecule has 4 nitrogen and oxygen atoms in total. The van der Waals surface area contributed by atoms with Crippen LogP contribution in [0, 0.1) is 0 Å². The SMILES string of the molecule is NCCc1nccc(Nc2cc(Br)cs2)n1. The number of halogens is 1. The van der Waals surface area contributed by atoms with E-state index in [4.69, 9.17) is 5.73 Å². The van der Waals surface area contributed by atoms with Crippen molar-refractivity contribution in [2.45, 2.75) is 6.42 Å². The van der Waals surface area contributed by atoms with E-state index in [0.29, 0.717) is 13.0 Å². The van der Waals surface area contributed by atoms with Crippen LogP contribution in [0.2, 0.25) is 0 Å². The average Bonchev–Trinajstić information content (AvgIpc) is 2.65. The maximum Gasteiger partial charge on any atom is 0.134 e. The van der Waals surface area contributed by atoms with Gasteiger partial charge in [-0.25, -0.2) is 9.97 Å². The Labute approximate surface area is 106 Å². The van der Waals surface area contributed by atoms with Crippen LogP contribution in [0.15, 0.2) is 28.2 Å². The van der Waals surface area contributed by atoms with Crippen LogP contribution in [0.4, 0.5) is 10.8 Å². The first-order chi connectivity index (χ1) is 7.78. The molecule has 0 saturated heterocycles. The predicted octanol–water partition coefficient (Wildman–Crippen LogP) is 2.55. The topological polar surface area (TPSA) is 63.8 Å². The van der Waals surface area contributed by atoms with Gasteiger partial charge < -0.3 is 11.1 Å². The summed E-state index contributed by atoms with van der Waals surface area (Å²) < 4.78 is 1.07. The number of thiophene rings is 1. The van der Waals surface area contributed by atoms with Crippen molar-refractivity contribution >= 4 is 38.1 Å². The molecule has 3 N–H and O–H groups in total. The second kappa shape index (κ2) is 5.38. The summed E-state index contributed by atoms with van der Waals surface area (Å²) in [5.41, 5.74) is 5.46. The van der Waals surface area contributed by atoms with E-state index in [2.05, 4.69) is 31.2 Å². The number of anilines is 2. The molecule has 2 rings (SSSR count). The van der Waals surface area contributed by atoms with Crippen molar-refractivity contribution in [3.8, 4) is 0 Å². The lowest BCUT2D eigenvalue weighted by molar-refractivity contribution is 0.870. The van der Waals surface area contributed by atoms with Crippen molar-refractivity contribution in [2.75, 3.05) is 11.9 Å². The van der Waals surface area contributed by atoms with Gasteiger partial charge in [0.15, 0.2) is 0 Å². The van der Waals surface area contributed by atoms with Gasteiger partial charge in [0.05, 0.1) is 5.00 Å². The second-order valence-electron chi connectivity index (χ2n) is 3.15. The summed E-state index contributed by atoms with van der Waals surface area (Å²) in [6, 6.07) is 3.85. The third-order valence-corrected chi connectivity index (χ3v) is 3.50. The van der Waals surface area contributed by atoms with Crippen molar-refractivity contribution in [3.05, 3.63) is 34.0 Å². The van der Waals surface area contributed by atoms with Crippen LogP contribution >= 0.6 is 27.3 Å². The molecule has 0 aromatic carbocycles. The van der Waals surface area contributed by atoms with Crippen LogP contribution in [-0.4, -0.2) is 16.5 Å². The smallest absolute Gasteiger partial charge is 0.134 e. The van der Waals surface area contributed by atoms with Gasteiger partial charge in [-0.1, -0.05) is 0 Å². The molecular formula is C10H11BrN4S. The van der Waals surface area contributed by atoms with E-state index < -0.39 is 0 Å². The molecule has 2 aromatic heterocycles. The Balaban J connectivity index is 2.12. The Kier molecular flexibility index (Phi) is 3.87. The first-order valence-electron chi connectivity index (χ1n) is 4.81. The first kappa shape index (κ1) is 11.5.